The van der Waals surface area contributed by atoms with E-state index >= 15 is 0 Å². The maximum atomic E-state index is 12.9. The number of fused-ring (bicyclic) bond motifs is 2. The first-order valence-electron chi connectivity index (χ1n) is 7.81. The van der Waals surface area contributed by atoms with Crippen LogP contribution in [0.3, 0.4) is 0 Å². The molecule has 126 valence electrons. The fourth-order valence-corrected chi connectivity index (χ4v) is 3.45. The molecule has 0 aromatic heterocycles. The number of phenols is 1. The summed E-state index contributed by atoms with van der Waals surface area (Å²) in [6.07, 6.45) is -2.73. The first-order chi connectivity index (χ1) is 11.9. The normalized spacial score (nSPS) is 22.8. The molecule has 0 saturated carbocycles. The van der Waals surface area contributed by atoms with Crippen LogP contribution in [0.2, 0.25) is 0 Å². The first kappa shape index (κ1) is 15.7. The number of benzene rings is 2. The number of rotatable bonds is 1. The Bertz CT molecular complexity index is 1000. The summed E-state index contributed by atoms with van der Waals surface area (Å²) in [5.74, 6) is -1.74. The molecule has 1 aliphatic heterocycles. The van der Waals surface area contributed by atoms with Gasteiger partial charge in [-0.05, 0) is 18.4 Å². The Morgan fingerprint density at radius 3 is 2.64 bits per heavy atom. The second kappa shape index (κ2) is 5.34. The van der Waals surface area contributed by atoms with E-state index in [9.17, 15) is 24.6 Å². The highest BCUT2D eigenvalue weighted by Crippen LogP contribution is 2.41. The van der Waals surface area contributed by atoms with Gasteiger partial charge >= 0.3 is 0 Å². The smallest absolute Gasteiger partial charge is 0.195 e. The predicted molar refractivity (Wildman–Crippen MR) is 87.5 cm³/mol. The zero-order valence-electron chi connectivity index (χ0n) is 13.3. The molecule has 0 bridgehead atoms. The van der Waals surface area contributed by atoms with Gasteiger partial charge in [-0.1, -0.05) is 24.3 Å². The largest absolute Gasteiger partial charge is 0.507 e. The number of phenolic OH excluding ortho intramolecular Hbond substituents is 1. The summed E-state index contributed by atoms with van der Waals surface area (Å²) < 4.78 is 5.18. The van der Waals surface area contributed by atoms with Crippen LogP contribution in [0.5, 0.6) is 5.75 Å². The van der Waals surface area contributed by atoms with Gasteiger partial charge < -0.3 is 14.9 Å². The maximum Gasteiger partial charge on any atom is 0.195 e. The molecular formula is C19H14O6. The number of ketones is 3. The van der Waals surface area contributed by atoms with E-state index in [1.54, 1.807) is 24.3 Å². The highest BCUT2D eigenvalue weighted by atomic mass is 16.6. The van der Waals surface area contributed by atoms with E-state index in [4.69, 9.17) is 4.74 Å². The molecule has 1 heterocycles. The van der Waals surface area contributed by atoms with Crippen molar-refractivity contribution in [3.8, 4) is 5.75 Å². The molecule has 6 nitrogen and oxygen atoms in total. The summed E-state index contributed by atoms with van der Waals surface area (Å²) in [6, 6.07) is 8.38. The number of hydrogen-bond donors (Lipinski definition) is 2. The Morgan fingerprint density at radius 2 is 1.92 bits per heavy atom. The fourth-order valence-electron chi connectivity index (χ4n) is 3.45. The van der Waals surface area contributed by atoms with Crippen LogP contribution in [0.15, 0.2) is 41.5 Å². The number of aliphatic hydroxyl groups excluding tert-OH is 1. The third-order valence-electron chi connectivity index (χ3n) is 4.72. The molecule has 2 aliphatic rings. The average molecular weight is 338 g/mol. The number of hydrogen-bond acceptors (Lipinski definition) is 6. The van der Waals surface area contributed by atoms with Crippen LogP contribution >= 0.6 is 0 Å². The maximum absolute atomic E-state index is 12.9. The van der Waals surface area contributed by atoms with E-state index in [0.29, 0.717) is 10.8 Å². The van der Waals surface area contributed by atoms with Crippen molar-refractivity contribution in [1.82, 2.24) is 0 Å². The van der Waals surface area contributed by atoms with Crippen LogP contribution in [0.25, 0.3) is 10.8 Å². The van der Waals surface area contributed by atoms with Gasteiger partial charge in [0.1, 0.15) is 11.9 Å². The van der Waals surface area contributed by atoms with Gasteiger partial charge in [0.15, 0.2) is 23.6 Å². The van der Waals surface area contributed by atoms with Crippen LogP contribution in [0.4, 0.5) is 0 Å². The van der Waals surface area contributed by atoms with Crippen LogP contribution < -0.4 is 0 Å². The van der Waals surface area contributed by atoms with Gasteiger partial charge in [0.05, 0.1) is 11.1 Å². The van der Waals surface area contributed by atoms with Crippen molar-refractivity contribution >= 4 is 28.1 Å². The third-order valence-corrected chi connectivity index (χ3v) is 4.72. The van der Waals surface area contributed by atoms with Gasteiger partial charge in [0.2, 0.25) is 0 Å². The van der Waals surface area contributed by atoms with Gasteiger partial charge in [-0.2, -0.15) is 0 Å². The van der Waals surface area contributed by atoms with Gasteiger partial charge in [0, 0.05) is 22.9 Å². The zero-order valence-corrected chi connectivity index (χ0v) is 13.3. The third kappa shape index (κ3) is 2.15. The van der Waals surface area contributed by atoms with E-state index in [0.717, 1.165) is 0 Å². The van der Waals surface area contributed by atoms with Crippen molar-refractivity contribution < 1.29 is 29.3 Å². The minimum Gasteiger partial charge on any atom is -0.507 e. The van der Waals surface area contributed by atoms with Crippen molar-refractivity contribution in [2.75, 3.05) is 0 Å². The molecule has 2 N–H and O–H groups in total. The molecule has 0 spiro atoms. The lowest BCUT2D eigenvalue weighted by molar-refractivity contribution is -0.150. The summed E-state index contributed by atoms with van der Waals surface area (Å²) >= 11 is 0. The molecule has 0 unspecified atom stereocenters. The Hall–Kier alpha value is -2.83. The van der Waals surface area contributed by atoms with E-state index in [-0.39, 0.29) is 40.2 Å². The number of Topliss-reactive ketones (excluding diaryl/α,β-unsaturated/α-hetero) is 3. The van der Waals surface area contributed by atoms with Gasteiger partial charge in [-0.15, -0.1) is 0 Å². The van der Waals surface area contributed by atoms with Crippen molar-refractivity contribution in [3.05, 3.63) is 52.6 Å². The molecule has 2 aromatic carbocycles. The van der Waals surface area contributed by atoms with Crippen LogP contribution in [0.1, 0.15) is 34.1 Å². The second-order valence-electron chi connectivity index (χ2n) is 6.21. The number of carbonyl (C=O) groups excluding carboxylic acids is 3. The second-order valence-corrected chi connectivity index (χ2v) is 6.21. The molecule has 0 radical (unpaired) electrons. The minimum atomic E-state index is -1.64. The Balaban J connectivity index is 1.96. The summed E-state index contributed by atoms with van der Waals surface area (Å²) in [6.45, 7) is 1.29. The monoisotopic (exact) mass is 338 g/mol. The average Bonchev–Trinajstić information content (AvgIpc) is 2.59. The Kier molecular flexibility index (Phi) is 3.35. The summed E-state index contributed by atoms with van der Waals surface area (Å²) in [5, 5.41) is 21.8. The molecule has 2 aromatic rings. The van der Waals surface area contributed by atoms with Crippen LogP contribution in [-0.2, 0) is 9.53 Å². The van der Waals surface area contributed by atoms with E-state index in [1.807, 2.05) is 0 Å². The van der Waals surface area contributed by atoms with E-state index < -0.39 is 24.0 Å². The molecular weight excluding hydrogens is 324 g/mol. The highest BCUT2D eigenvalue weighted by Gasteiger charge is 2.43. The standard InChI is InChI=1S/C19H14O6/c1-8(20)13-7-12-15(19(24)25-13)18(23)11-6-9-4-2-3-5-10(9)16(21)14(11)17(12)22/h2-6,13,19,21,24H,7H2,1H3/t13-,19-/m1/s1. The highest BCUT2D eigenvalue weighted by molar-refractivity contribution is 6.30. The van der Waals surface area contributed by atoms with E-state index in [2.05, 4.69) is 0 Å². The summed E-state index contributed by atoms with van der Waals surface area (Å²) in [7, 11) is 0. The number of carbonyl (C=O) groups is 3. The Labute approximate surface area is 142 Å². The van der Waals surface area contributed by atoms with E-state index in [1.165, 1.54) is 13.0 Å². The topological polar surface area (TPSA) is 101 Å². The molecule has 1 aliphatic carbocycles. The van der Waals surface area contributed by atoms with Crippen molar-refractivity contribution in [2.24, 2.45) is 0 Å². The van der Waals surface area contributed by atoms with Crippen LogP contribution in [-0.4, -0.2) is 40.0 Å². The molecule has 25 heavy (non-hydrogen) atoms. The SMILES string of the molecule is CC(=O)[C@H]1CC2=C(C(=O)c3cc4ccccc4c(O)c3C2=O)[C@H](O)O1. The molecule has 0 fully saturated rings. The van der Waals surface area contributed by atoms with Crippen LogP contribution in [0, 0.1) is 0 Å². The molecule has 4 rings (SSSR count). The lowest BCUT2D eigenvalue weighted by Gasteiger charge is -2.32. The van der Waals surface area contributed by atoms with Gasteiger partial charge in [-0.3, -0.25) is 14.4 Å². The van der Waals surface area contributed by atoms with Crippen molar-refractivity contribution in [3.63, 3.8) is 0 Å². The summed E-state index contributed by atoms with van der Waals surface area (Å²) in [5.41, 5.74) is -0.172. The number of aromatic hydroxyl groups is 1. The lowest BCUT2D eigenvalue weighted by atomic mass is 9.78. The van der Waals surface area contributed by atoms with Crippen molar-refractivity contribution in [2.45, 2.75) is 25.7 Å². The zero-order chi connectivity index (χ0) is 17.9. The van der Waals surface area contributed by atoms with Gasteiger partial charge in [0.25, 0.3) is 0 Å². The molecule has 0 saturated heterocycles. The molecule has 0 amide bonds. The van der Waals surface area contributed by atoms with Crippen molar-refractivity contribution in [1.29, 1.82) is 0 Å². The number of aliphatic hydroxyl groups is 1. The lowest BCUT2D eigenvalue weighted by Crippen LogP contribution is -2.41. The summed E-state index contributed by atoms with van der Waals surface area (Å²) in [4.78, 5) is 37.4. The number of ether oxygens (including phenoxy) is 1. The Morgan fingerprint density at radius 1 is 1.20 bits per heavy atom. The van der Waals surface area contributed by atoms with Gasteiger partial charge in [-0.25, -0.2) is 0 Å². The fraction of sp³-hybridized carbons (Fsp3) is 0.211. The first-order valence-corrected chi connectivity index (χ1v) is 7.81. The predicted octanol–water partition coefficient (Wildman–Crippen LogP) is 1.92. The minimum absolute atomic E-state index is 0.0297. The molecule has 6 heteroatoms. The quantitative estimate of drug-likeness (QED) is 0.824. The molecule has 2 atom stereocenters.